The van der Waals surface area contributed by atoms with Crippen molar-refractivity contribution in [2.45, 2.75) is 38.5 Å². The molecule has 2 saturated heterocycles. The highest BCUT2D eigenvalue weighted by atomic mass is 16.3. The van der Waals surface area contributed by atoms with Gasteiger partial charge >= 0.3 is 0 Å². The van der Waals surface area contributed by atoms with Crippen LogP contribution in [0.5, 0.6) is 0 Å². The molecule has 4 heterocycles. The zero-order valence-corrected chi connectivity index (χ0v) is 26.7. The SMILES string of the molecule is O=C1c2ccc3c4c(N5CCCC5)cc5c6c(ccc(c7c(N8CCCC8)cc(c2c37)C(=O)N1CCCO)c64)C(=O)N(CCCO)C5=O. The monoisotopic (exact) mass is 644 g/mol. The normalized spacial score (nSPS) is 18.0. The van der Waals surface area contributed by atoms with Crippen molar-refractivity contribution in [3.05, 3.63) is 58.7 Å². The summed E-state index contributed by atoms with van der Waals surface area (Å²) in [5.74, 6) is -1.41. The van der Waals surface area contributed by atoms with Crippen LogP contribution in [0.15, 0.2) is 36.4 Å². The minimum Gasteiger partial charge on any atom is -0.396 e. The third-order valence-corrected chi connectivity index (χ3v) is 10.9. The minimum absolute atomic E-state index is 0.121. The number of benzene rings is 5. The quantitative estimate of drug-likeness (QED) is 0.139. The standard InChI is InChI=1S/C38H36N4O6/c43-17-5-15-41-35(45)23-10-8-22-32-28(40-13-3-4-14-40)20-26-30-24(36(46)42(38(26)48)16-6-18-44)9-7-21(34(30)32)31-27(39-11-1-2-12-39)19-25(37(41)47)29(23)33(22)31/h7-10,19-20,43-44H,1-6,11-18H2. The highest BCUT2D eigenvalue weighted by molar-refractivity contribution is 6.44. The van der Waals surface area contributed by atoms with E-state index in [0.29, 0.717) is 45.9 Å². The Morgan fingerprint density at radius 2 is 0.854 bits per heavy atom. The Labute approximate surface area is 276 Å². The summed E-state index contributed by atoms with van der Waals surface area (Å²) in [6.45, 7) is 3.37. The highest BCUT2D eigenvalue weighted by Crippen LogP contribution is 2.52. The number of rotatable bonds is 8. The molecule has 0 atom stereocenters. The Morgan fingerprint density at radius 3 is 1.23 bits per heavy atom. The van der Waals surface area contributed by atoms with Crippen LogP contribution in [0.4, 0.5) is 11.4 Å². The molecule has 5 aromatic rings. The molecule has 10 heteroatoms. The largest absolute Gasteiger partial charge is 0.396 e. The maximum Gasteiger partial charge on any atom is 0.261 e. The van der Waals surface area contributed by atoms with E-state index in [2.05, 4.69) is 9.80 Å². The van der Waals surface area contributed by atoms with Gasteiger partial charge in [0.05, 0.1) is 11.1 Å². The summed E-state index contributed by atoms with van der Waals surface area (Å²) in [4.78, 5) is 63.3. The van der Waals surface area contributed by atoms with Crippen LogP contribution in [-0.4, -0.2) is 96.1 Å². The van der Waals surface area contributed by atoms with Crippen molar-refractivity contribution >= 4 is 78.1 Å². The molecule has 0 aromatic heterocycles. The van der Waals surface area contributed by atoms with Crippen molar-refractivity contribution in [2.24, 2.45) is 0 Å². The number of imide groups is 2. The van der Waals surface area contributed by atoms with Gasteiger partial charge in [0.1, 0.15) is 0 Å². The summed E-state index contributed by atoms with van der Waals surface area (Å²) in [6.07, 6.45) is 4.70. The predicted octanol–water partition coefficient (Wildman–Crippen LogP) is 4.89. The van der Waals surface area contributed by atoms with E-state index in [4.69, 9.17) is 0 Å². The van der Waals surface area contributed by atoms with Crippen LogP contribution in [0.3, 0.4) is 0 Å². The van der Waals surface area contributed by atoms with Gasteiger partial charge in [-0.3, -0.25) is 29.0 Å². The van der Waals surface area contributed by atoms with Crippen LogP contribution in [-0.2, 0) is 0 Å². The number of hydrogen-bond donors (Lipinski definition) is 2. The highest BCUT2D eigenvalue weighted by Gasteiger charge is 2.39. The lowest BCUT2D eigenvalue weighted by Crippen LogP contribution is -2.41. The smallest absolute Gasteiger partial charge is 0.261 e. The number of hydrogen-bond acceptors (Lipinski definition) is 8. The van der Waals surface area contributed by atoms with E-state index in [9.17, 15) is 29.4 Å². The summed E-state index contributed by atoms with van der Waals surface area (Å²) in [7, 11) is 0. The molecule has 10 nitrogen and oxygen atoms in total. The van der Waals surface area contributed by atoms with Crippen molar-refractivity contribution in [2.75, 3.05) is 62.3 Å². The molecule has 2 fully saturated rings. The van der Waals surface area contributed by atoms with Crippen molar-refractivity contribution in [3.63, 3.8) is 0 Å². The fourth-order valence-electron chi connectivity index (χ4n) is 8.80. The second-order valence-electron chi connectivity index (χ2n) is 13.5. The van der Waals surface area contributed by atoms with Gasteiger partial charge in [0.15, 0.2) is 0 Å². The topological polar surface area (TPSA) is 122 Å². The van der Waals surface area contributed by atoms with Gasteiger partial charge in [-0.1, -0.05) is 12.1 Å². The number of aliphatic hydroxyl groups excluding tert-OH is 2. The Bertz CT molecular complexity index is 2070. The first-order valence-corrected chi connectivity index (χ1v) is 17.2. The van der Waals surface area contributed by atoms with Gasteiger partial charge in [-0.25, -0.2) is 0 Å². The lowest BCUT2D eigenvalue weighted by molar-refractivity contribution is 0.0585. The molecule has 0 bridgehead atoms. The van der Waals surface area contributed by atoms with E-state index in [1.165, 1.54) is 9.80 Å². The summed E-state index contributed by atoms with van der Waals surface area (Å²) in [5.41, 5.74) is 3.77. The molecule has 0 radical (unpaired) electrons. The zero-order valence-electron chi connectivity index (χ0n) is 26.7. The van der Waals surface area contributed by atoms with Crippen LogP contribution in [0.2, 0.25) is 0 Å². The molecule has 4 aliphatic heterocycles. The second-order valence-corrected chi connectivity index (χ2v) is 13.5. The van der Waals surface area contributed by atoms with Gasteiger partial charge in [-0.05, 0) is 73.6 Å². The maximum atomic E-state index is 14.1. The summed E-state index contributed by atoms with van der Waals surface area (Å²) in [5, 5.41) is 25.8. The Hall–Kier alpha value is -4.80. The number of carbonyl (C=O) groups excluding carboxylic acids is 4. The molecule has 0 spiro atoms. The van der Waals surface area contributed by atoms with Crippen LogP contribution >= 0.6 is 0 Å². The Balaban J connectivity index is 1.46. The van der Waals surface area contributed by atoms with Crippen molar-refractivity contribution in [1.82, 2.24) is 9.80 Å². The van der Waals surface area contributed by atoms with E-state index in [1.54, 1.807) is 0 Å². The number of nitrogens with zero attached hydrogens (tertiary/aromatic N) is 4. The van der Waals surface area contributed by atoms with E-state index in [-0.39, 0.29) is 49.9 Å². The molecule has 4 aliphatic rings. The van der Waals surface area contributed by atoms with E-state index in [1.807, 2.05) is 36.4 Å². The van der Waals surface area contributed by atoms with Crippen LogP contribution in [0.25, 0.3) is 43.1 Å². The van der Waals surface area contributed by atoms with Crippen molar-refractivity contribution in [3.8, 4) is 0 Å². The van der Waals surface area contributed by atoms with Crippen LogP contribution in [0.1, 0.15) is 80.0 Å². The molecule has 0 aliphatic carbocycles. The maximum absolute atomic E-state index is 14.1. The van der Waals surface area contributed by atoms with Gasteiger partial charge in [-0.2, -0.15) is 0 Å². The van der Waals surface area contributed by atoms with Crippen LogP contribution in [0, 0.1) is 0 Å². The van der Waals surface area contributed by atoms with E-state index in [0.717, 1.165) is 95.6 Å². The van der Waals surface area contributed by atoms with Gasteiger partial charge in [0, 0.05) is 107 Å². The molecule has 5 aromatic carbocycles. The van der Waals surface area contributed by atoms with Crippen LogP contribution < -0.4 is 9.80 Å². The van der Waals surface area contributed by atoms with Gasteiger partial charge < -0.3 is 20.0 Å². The molecular formula is C38H36N4O6. The molecule has 9 rings (SSSR count). The first kappa shape index (κ1) is 29.3. The van der Waals surface area contributed by atoms with Gasteiger partial charge in [-0.15, -0.1) is 0 Å². The molecule has 0 saturated carbocycles. The average molecular weight is 645 g/mol. The molecule has 2 N–H and O–H groups in total. The Kier molecular flexibility index (Phi) is 6.64. The third-order valence-electron chi connectivity index (χ3n) is 10.9. The van der Waals surface area contributed by atoms with Crippen molar-refractivity contribution in [1.29, 1.82) is 0 Å². The molecule has 48 heavy (non-hydrogen) atoms. The van der Waals surface area contributed by atoms with E-state index >= 15 is 0 Å². The number of fused-ring (bicyclic) bond motifs is 2. The lowest BCUT2D eigenvalue weighted by atomic mass is 9.80. The first-order chi connectivity index (χ1) is 23.4. The number of anilines is 2. The zero-order chi connectivity index (χ0) is 32.8. The molecular weight excluding hydrogens is 608 g/mol. The Morgan fingerprint density at radius 1 is 0.479 bits per heavy atom. The fourth-order valence-corrected chi connectivity index (χ4v) is 8.80. The molecule has 4 amide bonds. The predicted molar refractivity (Wildman–Crippen MR) is 185 cm³/mol. The number of amides is 4. The number of carbonyl (C=O) groups is 4. The third kappa shape index (κ3) is 3.87. The molecule has 244 valence electrons. The van der Waals surface area contributed by atoms with Gasteiger partial charge in [0.2, 0.25) is 0 Å². The fraction of sp³-hybridized carbons (Fsp3) is 0.368. The average Bonchev–Trinajstić information content (AvgIpc) is 3.84. The van der Waals surface area contributed by atoms with E-state index < -0.39 is 0 Å². The summed E-state index contributed by atoms with van der Waals surface area (Å²) >= 11 is 0. The first-order valence-electron chi connectivity index (χ1n) is 17.2. The molecule has 0 unspecified atom stereocenters. The summed E-state index contributed by atoms with van der Waals surface area (Å²) in [6, 6.07) is 11.5. The number of aliphatic hydroxyl groups is 2. The summed E-state index contributed by atoms with van der Waals surface area (Å²) < 4.78 is 0. The van der Waals surface area contributed by atoms with Crippen molar-refractivity contribution < 1.29 is 29.4 Å². The second kappa shape index (κ2) is 10.9. The van der Waals surface area contributed by atoms with Gasteiger partial charge in [0.25, 0.3) is 23.6 Å². The lowest BCUT2D eigenvalue weighted by Gasteiger charge is -2.33. The minimum atomic E-state index is -0.359.